The van der Waals surface area contributed by atoms with Crippen LogP contribution in [0.5, 0.6) is 0 Å². The Bertz CT molecular complexity index is 1150. The SMILES string of the molecule is O=C(NC12CC3CC(C1)CC(n1ncnn1)(C3)C2)c1cc(=O)c2ccccc2o1. The van der Waals surface area contributed by atoms with Crippen molar-refractivity contribution < 1.29 is 9.21 Å². The molecule has 0 aliphatic heterocycles. The molecule has 0 saturated heterocycles. The van der Waals surface area contributed by atoms with Gasteiger partial charge in [-0.3, -0.25) is 9.59 Å². The van der Waals surface area contributed by atoms with E-state index in [-0.39, 0.29) is 28.2 Å². The molecule has 29 heavy (non-hydrogen) atoms. The Labute approximate surface area is 166 Å². The first kappa shape index (κ1) is 16.9. The van der Waals surface area contributed by atoms with Gasteiger partial charge in [-0.05, 0) is 67.7 Å². The van der Waals surface area contributed by atoms with Crippen LogP contribution in [0.4, 0.5) is 0 Å². The molecule has 4 saturated carbocycles. The third kappa shape index (κ3) is 2.54. The van der Waals surface area contributed by atoms with Crippen molar-refractivity contribution in [2.24, 2.45) is 11.8 Å². The number of nitrogens with one attached hydrogen (secondary N) is 1. The number of hydrogen-bond donors (Lipinski definition) is 1. The Balaban J connectivity index is 1.34. The summed E-state index contributed by atoms with van der Waals surface area (Å²) in [6.45, 7) is 0. The second-order valence-electron chi connectivity index (χ2n) is 9.12. The molecule has 1 aromatic carbocycles. The highest BCUT2D eigenvalue weighted by molar-refractivity contribution is 5.93. The quantitative estimate of drug-likeness (QED) is 0.735. The number of benzene rings is 1. The van der Waals surface area contributed by atoms with Gasteiger partial charge in [0.2, 0.25) is 0 Å². The Kier molecular flexibility index (Phi) is 3.34. The number of amides is 1. The molecule has 8 nitrogen and oxygen atoms in total. The molecular weight excluding hydrogens is 370 g/mol. The molecule has 0 spiro atoms. The monoisotopic (exact) mass is 391 g/mol. The van der Waals surface area contributed by atoms with Gasteiger partial charge in [0.25, 0.3) is 5.91 Å². The average Bonchev–Trinajstić information content (AvgIpc) is 3.22. The number of carbonyl (C=O) groups is 1. The first-order valence-corrected chi connectivity index (χ1v) is 10.1. The number of para-hydroxylation sites is 1. The molecule has 4 fully saturated rings. The lowest BCUT2D eigenvalue weighted by Gasteiger charge is -2.61. The maximum absolute atomic E-state index is 13.1. The molecule has 148 valence electrons. The molecule has 4 aliphatic rings. The van der Waals surface area contributed by atoms with Crippen molar-refractivity contribution in [3.8, 4) is 0 Å². The number of aromatic nitrogens is 4. The molecule has 2 heterocycles. The zero-order valence-electron chi connectivity index (χ0n) is 15.9. The van der Waals surface area contributed by atoms with E-state index in [1.165, 1.54) is 18.8 Å². The predicted octanol–water partition coefficient (Wildman–Crippen LogP) is 2.26. The predicted molar refractivity (Wildman–Crippen MR) is 103 cm³/mol. The van der Waals surface area contributed by atoms with E-state index >= 15 is 0 Å². The molecule has 2 aromatic heterocycles. The molecule has 0 radical (unpaired) electrons. The van der Waals surface area contributed by atoms with Crippen molar-refractivity contribution in [3.05, 3.63) is 52.6 Å². The minimum atomic E-state index is -0.323. The van der Waals surface area contributed by atoms with Gasteiger partial charge >= 0.3 is 0 Å². The summed E-state index contributed by atoms with van der Waals surface area (Å²) < 4.78 is 5.76. The molecule has 4 aliphatic carbocycles. The fourth-order valence-corrected chi connectivity index (χ4v) is 6.50. The second-order valence-corrected chi connectivity index (χ2v) is 9.12. The number of carbonyl (C=O) groups excluding carboxylic acids is 1. The zero-order chi connectivity index (χ0) is 19.6. The summed E-state index contributed by atoms with van der Waals surface area (Å²) in [7, 11) is 0. The van der Waals surface area contributed by atoms with E-state index in [1.54, 1.807) is 29.1 Å². The number of tetrazole rings is 1. The summed E-state index contributed by atoms with van der Waals surface area (Å²) in [6, 6.07) is 8.29. The number of fused-ring (bicyclic) bond motifs is 1. The summed E-state index contributed by atoms with van der Waals surface area (Å²) in [5.41, 5.74) is -0.276. The largest absolute Gasteiger partial charge is 0.451 e. The van der Waals surface area contributed by atoms with Crippen LogP contribution in [0.3, 0.4) is 0 Å². The molecule has 4 bridgehead atoms. The molecule has 2 unspecified atom stereocenters. The highest BCUT2D eigenvalue weighted by Gasteiger charge is 2.60. The smallest absolute Gasteiger partial charge is 0.287 e. The summed E-state index contributed by atoms with van der Waals surface area (Å²) in [5.74, 6) is 0.811. The van der Waals surface area contributed by atoms with Gasteiger partial charge in [0.1, 0.15) is 5.58 Å². The van der Waals surface area contributed by atoms with Crippen LogP contribution >= 0.6 is 0 Å². The van der Waals surface area contributed by atoms with E-state index in [0.717, 1.165) is 32.1 Å². The van der Waals surface area contributed by atoms with Crippen LogP contribution in [0, 0.1) is 11.8 Å². The number of hydrogen-bond acceptors (Lipinski definition) is 6. The van der Waals surface area contributed by atoms with Crippen LogP contribution in [0.2, 0.25) is 0 Å². The van der Waals surface area contributed by atoms with Gasteiger partial charge in [-0.15, -0.1) is 10.2 Å². The molecule has 2 atom stereocenters. The number of nitrogens with zero attached hydrogens (tertiary/aromatic N) is 4. The van der Waals surface area contributed by atoms with Gasteiger partial charge in [-0.1, -0.05) is 12.1 Å². The van der Waals surface area contributed by atoms with Crippen molar-refractivity contribution in [1.29, 1.82) is 0 Å². The van der Waals surface area contributed by atoms with Gasteiger partial charge in [0.05, 0.1) is 10.9 Å². The molecule has 8 heteroatoms. The highest BCUT2D eigenvalue weighted by atomic mass is 16.3. The van der Waals surface area contributed by atoms with E-state index in [2.05, 4.69) is 20.7 Å². The topological polar surface area (TPSA) is 103 Å². The van der Waals surface area contributed by atoms with Crippen molar-refractivity contribution in [1.82, 2.24) is 25.5 Å². The Morgan fingerprint density at radius 1 is 1.17 bits per heavy atom. The molecule has 7 rings (SSSR count). The third-order valence-corrected chi connectivity index (χ3v) is 7.04. The van der Waals surface area contributed by atoms with Crippen molar-refractivity contribution in [2.45, 2.75) is 49.6 Å². The maximum Gasteiger partial charge on any atom is 0.287 e. The fraction of sp³-hybridized carbons (Fsp3) is 0.476. The molecule has 1 N–H and O–H groups in total. The van der Waals surface area contributed by atoms with E-state index in [1.807, 2.05) is 0 Å². The lowest BCUT2D eigenvalue weighted by atomic mass is 9.50. The van der Waals surface area contributed by atoms with Gasteiger partial charge in [0, 0.05) is 11.6 Å². The fourth-order valence-electron chi connectivity index (χ4n) is 6.50. The van der Waals surface area contributed by atoms with Crippen molar-refractivity contribution >= 4 is 16.9 Å². The molecule has 3 aromatic rings. The highest BCUT2D eigenvalue weighted by Crippen LogP contribution is 2.60. The van der Waals surface area contributed by atoms with Crippen LogP contribution in [0.15, 0.2) is 45.9 Å². The lowest BCUT2D eigenvalue weighted by Crippen LogP contribution is -2.66. The van der Waals surface area contributed by atoms with Crippen molar-refractivity contribution in [2.75, 3.05) is 0 Å². The third-order valence-electron chi connectivity index (χ3n) is 7.04. The minimum absolute atomic E-state index is 0.0670. The van der Waals surface area contributed by atoms with E-state index in [9.17, 15) is 9.59 Å². The van der Waals surface area contributed by atoms with Crippen LogP contribution in [-0.2, 0) is 5.54 Å². The van der Waals surface area contributed by atoms with E-state index in [0.29, 0.717) is 22.8 Å². The van der Waals surface area contributed by atoms with Crippen molar-refractivity contribution in [3.63, 3.8) is 0 Å². The van der Waals surface area contributed by atoms with E-state index < -0.39 is 0 Å². The van der Waals surface area contributed by atoms with Gasteiger partial charge < -0.3 is 9.73 Å². The Hall–Kier alpha value is -3.03. The second kappa shape index (κ2) is 5.75. The van der Waals surface area contributed by atoms with Gasteiger partial charge in [0.15, 0.2) is 17.5 Å². The standard InChI is InChI=1S/C21H21N5O3/c27-16-6-18(29-17-4-2-1-3-15(16)17)19(28)24-20-7-13-5-14(8-20)10-21(9-13,11-20)26-23-12-22-25-26/h1-4,6,12-14H,5,7-11H2,(H,24,28). The minimum Gasteiger partial charge on any atom is -0.451 e. The Morgan fingerprint density at radius 2 is 1.97 bits per heavy atom. The maximum atomic E-state index is 13.1. The zero-order valence-corrected chi connectivity index (χ0v) is 15.9. The molecule has 1 amide bonds. The first-order valence-electron chi connectivity index (χ1n) is 10.1. The van der Waals surface area contributed by atoms with Crippen LogP contribution in [0.25, 0.3) is 11.0 Å². The summed E-state index contributed by atoms with van der Waals surface area (Å²) in [4.78, 5) is 27.3. The lowest BCUT2D eigenvalue weighted by molar-refractivity contribution is -0.0812. The van der Waals surface area contributed by atoms with Crippen LogP contribution < -0.4 is 10.7 Å². The average molecular weight is 391 g/mol. The first-order chi connectivity index (χ1) is 14.0. The number of rotatable bonds is 3. The summed E-state index contributed by atoms with van der Waals surface area (Å²) >= 11 is 0. The summed E-state index contributed by atoms with van der Waals surface area (Å²) in [6.07, 6.45) is 7.41. The van der Waals surface area contributed by atoms with E-state index in [4.69, 9.17) is 4.42 Å². The normalized spacial score (nSPS) is 32.6. The molecular formula is C21H21N5O3. The van der Waals surface area contributed by atoms with Crippen LogP contribution in [0.1, 0.15) is 49.1 Å². The van der Waals surface area contributed by atoms with Gasteiger partial charge in [-0.2, -0.15) is 4.80 Å². The van der Waals surface area contributed by atoms with Crippen LogP contribution in [-0.4, -0.2) is 31.7 Å². The summed E-state index contributed by atoms with van der Waals surface area (Å²) in [5, 5.41) is 16.2. The van der Waals surface area contributed by atoms with Gasteiger partial charge in [-0.25, -0.2) is 0 Å². The Morgan fingerprint density at radius 3 is 2.72 bits per heavy atom.